The summed E-state index contributed by atoms with van der Waals surface area (Å²) in [5, 5.41) is 18.1. The Bertz CT molecular complexity index is 3260. The first-order valence-corrected chi connectivity index (χ1v) is 19.5. The van der Waals surface area contributed by atoms with Crippen molar-refractivity contribution in [1.82, 2.24) is 0 Å². The van der Waals surface area contributed by atoms with E-state index in [1.807, 2.05) is 0 Å². The largest absolute Gasteiger partial charge is 0.0616 e. The second kappa shape index (κ2) is 12.1. The third-order valence-electron chi connectivity index (χ3n) is 12.2. The predicted octanol–water partition coefficient (Wildman–Crippen LogP) is 15.9. The van der Waals surface area contributed by atoms with Gasteiger partial charge in [-0.05, 0) is 120 Å². The van der Waals surface area contributed by atoms with Crippen molar-refractivity contribution in [3.05, 3.63) is 206 Å². The zero-order valence-corrected chi connectivity index (χ0v) is 30.6. The molecule has 12 rings (SSSR count). The average molecular weight is 707 g/mol. The van der Waals surface area contributed by atoms with Gasteiger partial charge in [0.15, 0.2) is 0 Å². The van der Waals surface area contributed by atoms with Crippen LogP contribution in [0.15, 0.2) is 206 Å². The molecule has 0 bridgehead atoms. The number of rotatable bonds is 4. The van der Waals surface area contributed by atoms with Gasteiger partial charge >= 0.3 is 0 Å². The summed E-state index contributed by atoms with van der Waals surface area (Å²) in [5.41, 5.74) is 10.00. The Morgan fingerprint density at radius 3 is 0.929 bits per heavy atom. The smallest absolute Gasteiger partial charge is 0.00203 e. The van der Waals surface area contributed by atoms with Gasteiger partial charge in [0.25, 0.3) is 0 Å². The monoisotopic (exact) mass is 706 g/mol. The number of fused-ring (bicyclic) bond motifs is 6. The molecule has 0 N–H and O–H groups in total. The molecule has 12 aromatic rings. The molecule has 56 heavy (non-hydrogen) atoms. The lowest BCUT2D eigenvalue weighted by Crippen LogP contribution is -1.90. The molecule has 0 fully saturated rings. The third-order valence-corrected chi connectivity index (χ3v) is 12.2. The molecular formula is C56H34. The van der Waals surface area contributed by atoms with Crippen LogP contribution in [0.25, 0.3) is 120 Å². The Labute approximate surface area is 324 Å². The van der Waals surface area contributed by atoms with Gasteiger partial charge in [0, 0.05) is 0 Å². The molecule has 0 unspecified atom stereocenters. The molecule has 0 nitrogen and oxygen atoms in total. The van der Waals surface area contributed by atoms with Crippen LogP contribution >= 0.6 is 0 Å². The van der Waals surface area contributed by atoms with Crippen molar-refractivity contribution in [3.8, 4) is 44.5 Å². The van der Waals surface area contributed by atoms with Crippen molar-refractivity contribution in [3.63, 3.8) is 0 Å². The zero-order valence-electron chi connectivity index (χ0n) is 30.6. The lowest BCUT2D eigenvalue weighted by Gasteiger charge is -2.17. The van der Waals surface area contributed by atoms with Crippen molar-refractivity contribution in [1.29, 1.82) is 0 Å². The average Bonchev–Trinajstić information content (AvgIpc) is 3.27. The van der Waals surface area contributed by atoms with Crippen LogP contribution in [0.5, 0.6) is 0 Å². The molecule has 0 aromatic heterocycles. The summed E-state index contributed by atoms with van der Waals surface area (Å²) in [4.78, 5) is 0. The Morgan fingerprint density at radius 1 is 0.161 bits per heavy atom. The van der Waals surface area contributed by atoms with Gasteiger partial charge in [0.2, 0.25) is 0 Å². The van der Waals surface area contributed by atoms with E-state index < -0.39 is 0 Å². The van der Waals surface area contributed by atoms with Gasteiger partial charge < -0.3 is 0 Å². The Balaban J connectivity index is 0.959. The lowest BCUT2D eigenvalue weighted by molar-refractivity contribution is 1.63. The summed E-state index contributed by atoms with van der Waals surface area (Å²) < 4.78 is 0. The SMILES string of the molecule is c1ccc2c(c1)ccc1cccc(-c3ccc(-c4ccc5ccc6c(-c7ccc(-c8cccc9ccc%10ccccc%10c89)cc7)ccc7ccc4c5c76)cc3)c12. The van der Waals surface area contributed by atoms with Crippen molar-refractivity contribution in [2.75, 3.05) is 0 Å². The fraction of sp³-hybridized carbons (Fsp3) is 0. The van der Waals surface area contributed by atoms with Gasteiger partial charge in [-0.15, -0.1) is 0 Å². The number of hydrogen-bond donors (Lipinski definition) is 0. The molecule has 0 heterocycles. The second-order valence-electron chi connectivity index (χ2n) is 15.2. The van der Waals surface area contributed by atoms with Gasteiger partial charge in [-0.25, -0.2) is 0 Å². The fourth-order valence-corrected chi connectivity index (χ4v) is 9.56. The molecule has 0 aliphatic carbocycles. The van der Waals surface area contributed by atoms with Crippen LogP contribution in [0.4, 0.5) is 0 Å². The highest BCUT2D eigenvalue weighted by Gasteiger charge is 2.16. The van der Waals surface area contributed by atoms with E-state index >= 15 is 0 Å². The minimum atomic E-state index is 1.23. The number of hydrogen-bond acceptors (Lipinski definition) is 0. The molecule has 0 spiro atoms. The topological polar surface area (TPSA) is 0 Å². The van der Waals surface area contributed by atoms with Gasteiger partial charge in [0.1, 0.15) is 0 Å². The van der Waals surface area contributed by atoms with E-state index in [0.717, 1.165) is 0 Å². The molecule has 0 aliphatic heterocycles. The summed E-state index contributed by atoms with van der Waals surface area (Å²) in [5.74, 6) is 0. The number of benzene rings is 12. The molecule has 0 amide bonds. The van der Waals surface area contributed by atoms with E-state index in [2.05, 4.69) is 206 Å². The first kappa shape index (κ1) is 31.1. The second-order valence-corrected chi connectivity index (χ2v) is 15.2. The van der Waals surface area contributed by atoms with E-state index in [0.29, 0.717) is 0 Å². The van der Waals surface area contributed by atoms with E-state index in [1.54, 1.807) is 0 Å². The van der Waals surface area contributed by atoms with Crippen LogP contribution < -0.4 is 0 Å². The normalized spacial score (nSPS) is 11.9. The molecule has 0 aliphatic rings. The Hall–Kier alpha value is -7.28. The molecular weight excluding hydrogens is 673 g/mol. The van der Waals surface area contributed by atoms with Crippen molar-refractivity contribution in [2.45, 2.75) is 0 Å². The van der Waals surface area contributed by atoms with Gasteiger partial charge in [-0.3, -0.25) is 0 Å². The zero-order chi connectivity index (χ0) is 36.7. The standard InChI is InChI=1S/C56H34/c1-3-11-47-35(7-1)23-25-41-9-5-13-49(53(41)47)39-19-15-37(16-20-39)45-31-27-43-30-34-52-46(32-28-44-29-33-51(45)55(43)56(44)52)38-17-21-40(22-18-38)50-14-6-10-42-26-24-36-8-2-4-12-48(36)54(42)50/h1-34H. The van der Waals surface area contributed by atoms with Crippen LogP contribution in [0.1, 0.15) is 0 Å². The van der Waals surface area contributed by atoms with Gasteiger partial charge in [-0.2, -0.15) is 0 Å². The minimum Gasteiger partial charge on any atom is -0.0616 e. The molecule has 12 aromatic carbocycles. The Morgan fingerprint density at radius 2 is 0.482 bits per heavy atom. The molecule has 0 saturated carbocycles. The van der Waals surface area contributed by atoms with Crippen molar-refractivity contribution >= 4 is 75.4 Å². The summed E-state index contributed by atoms with van der Waals surface area (Å²) in [6.45, 7) is 0. The van der Waals surface area contributed by atoms with Gasteiger partial charge in [0.05, 0.1) is 0 Å². The summed E-state index contributed by atoms with van der Waals surface area (Å²) in [6, 6.07) is 76.6. The summed E-state index contributed by atoms with van der Waals surface area (Å²) in [7, 11) is 0. The molecule has 0 radical (unpaired) electrons. The third kappa shape index (κ3) is 4.66. The van der Waals surface area contributed by atoms with Gasteiger partial charge in [-0.1, -0.05) is 206 Å². The van der Waals surface area contributed by atoms with E-state index in [-0.39, 0.29) is 0 Å². The lowest BCUT2D eigenvalue weighted by atomic mass is 9.86. The van der Waals surface area contributed by atoms with E-state index in [9.17, 15) is 0 Å². The van der Waals surface area contributed by atoms with Crippen LogP contribution in [0.3, 0.4) is 0 Å². The van der Waals surface area contributed by atoms with Crippen LogP contribution in [0.2, 0.25) is 0 Å². The highest BCUT2D eigenvalue weighted by Crippen LogP contribution is 2.44. The van der Waals surface area contributed by atoms with Crippen LogP contribution in [-0.2, 0) is 0 Å². The molecule has 258 valence electrons. The summed E-state index contributed by atoms with van der Waals surface area (Å²) >= 11 is 0. The first-order chi connectivity index (χ1) is 27.8. The highest BCUT2D eigenvalue weighted by molar-refractivity contribution is 6.27. The fourth-order valence-electron chi connectivity index (χ4n) is 9.56. The van der Waals surface area contributed by atoms with E-state index in [4.69, 9.17) is 0 Å². The molecule has 0 saturated heterocycles. The maximum Gasteiger partial charge on any atom is -0.00203 e. The van der Waals surface area contributed by atoms with E-state index in [1.165, 1.54) is 120 Å². The van der Waals surface area contributed by atoms with Crippen molar-refractivity contribution < 1.29 is 0 Å². The maximum absolute atomic E-state index is 2.33. The maximum atomic E-state index is 2.33. The van der Waals surface area contributed by atoms with Crippen molar-refractivity contribution in [2.24, 2.45) is 0 Å². The highest BCUT2D eigenvalue weighted by atomic mass is 14.2. The first-order valence-electron chi connectivity index (χ1n) is 19.5. The Kier molecular flexibility index (Phi) is 6.73. The molecule has 0 heteroatoms. The molecule has 0 atom stereocenters. The minimum absolute atomic E-state index is 1.23. The van der Waals surface area contributed by atoms with Crippen LogP contribution in [0, 0.1) is 0 Å². The predicted molar refractivity (Wildman–Crippen MR) is 242 cm³/mol. The van der Waals surface area contributed by atoms with Crippen LogP contribution in [-0.4, -0.2) is 0 Å². The summed E-state index contributed by atoms with van der Waals surface area (Å²) in [6.07, 6.45) is 0. The quantitative estimate of drug-likeness (QED) is 0.160.